The van der Waals surface area contributed by atoms with E-state index >= 15 is 0 Å². The molecular weight excluding hydrogens is 617 g/mol. The number of rotatable bonds is 10. The van der Waals surface area contributed by atoms with Crippen LogP contribution >= 0.6 is 56.7 Å². The first kappa shape index (κ1) is 29.5. The molecule has 5 heterocycles. The molecule has 0 fully saturated rings. The highest BCUT2D eigenvalue weighted by Crippen LogP contribution is 2.31. The van der Waals surface area contributed by atoms with Gasteiger partial charge in [-0.05, 0) is 128 Å². The summed E-state index contributed by atoms with van der Waals surface area (Å²) in [6.07, 6.45) is 22.2. The normalized spacial score (nSPS) is 12.4. The van der Waals surface area contributed by atoms with Gasteiger partial charge in [0.1, 0.15) is 0 Å². The molecule has 212 valence electrons. The van der Waals surface area contributed by atoms with Crippen molar-refractivity contribution < 1.29 is 0 Å². The number of hydrogen-bond donors (Lipinski definition) is 0. The molecule has 0 nitrogen and oxygen atoms in total. The summed E-state index contributed by atoms with van der Waals surface area (Å²) >= 11 is 9.10. The van der Waals surface area contributed by atoms with E-state index in [1.165, 1.54) is 59.9 Å². The SMILES string of the molecule is Cc1ccc(/C=C/c2ccc(/C=C/c3cc(/C=C/c4ccccc4)c(/C=C/c4ccc(/C=C/c5ccc(C)s5)s4)s3)s2)s1. The van der Waals surface area contributed by atoms with Crippen molar-refractivity contribution in [1.29, 1.82) is 0 Å². The van der Waals surface area contributed by atoms with E-state index in [1.54, 1.807) is 0 Å². The van der Waals surface area contributed by atoms with Crippen LogP contribution in [0.1, 0.15) is 59.9 Å². The topological polar surface area (TPSA) is 0 Å². The number of thiophene rings is 5. The van der Waals surface area contributed by atoms with E-state index < -0.39 is 0 Å². The Kier molecular flexibility index (Phi) is 9.78. The minimum absolute atomic E-state index is 1.20. The Hall–Kier alpha value is -3.58. The Morgan fingerprint density at radius 3 is 1.30 bits per heavy atom. The molecule has 5 aromatic heterocycles. The van der Waals surface area contributed by atoms with Crippen molar-refractivity contribution in [2.24, 2.45) is 0 Å². The Bertz CT molecular complexity index is 1940. The fourth-order valence-electron chi connectivity index (χ4n) is 4.36. The molecule has 0 spiro atoms. The Labute approximate surface area is 274 Å². The number of hydrogen-bond acceptors (Lipinski definition) is 5. The highest BCUT2D eigenvalue weighted by atomic mass is 32.1. The minimum atomic E-state index is 1.20. The summed E-state index contributed by atoms with van der Waals surface area (Å²) in [7, 11) is 0. The average molecular weight is 647 g/mol. The van der Waals surface area contributed by atoms with Crippen molar-refractivity contribution in [3.8, 4) is 0 Å². The molecule has 0 aliphatic heterocycles. The second-order valence-corrected chi connectivity index (χ2v) is 16.0. The van der Waals surface area contributed by atoms with E-state index in [-0.39, 0.29) is 0 Å². The standard InChI is InChI=1S/C38H30S5/c1-27-8-12-31(39-27)14-16-33-18-19-35(41-33)22-23-37-26-30(11-10-29-6-4-3-5-7-29)38(43-37)25-24-36-21-20-34(42-36)17-15-32-13-9-28(2)40-32/h3-26H,1-2H3/b11-10+,16-14+,17-15+,23-22+,25-24+. The molecule has 0 radical (unpaired) electrons. The van der Waals surface area contributed by atoms with E-state index in [0.717, 1.165) is 0 Å². The van der Waals surface area contributed by atoms with E-state index in [4.69, 9.17) is 0 Å². The van der Waals surface area contributed by atoms with Gasteiger partial charge in [-0.3, -0.25) is 0 Å². The largest absolute Gasteiger partial charge is 0.141 e. The van der Waals surface area contributed by atoms with Crippen molar-refractivity contribution in [2.75, 3.05) is 0 Å². The van der Waals surface area contributed by atoms with Crippen molar-refractivity contribution in [3.63, 3.8) is 0 Å². The molecule has 0 bridgehead atoms. The summed E-state index contributed by atoms with van der Waals surface area (Å²) in [5, 5.41) is 0. The smallest absolute Gasteiger partial charge is 0.0349 e. The van der Waals surface area contributed by atoms with E-state index in [9.17, 15) is 0 Å². The lowest BCUT2D eigenvalue weighted by Crippen LogP contribution is -1.72. The van der Waals surface area contributed by atoms with Crippen LogP contribution in [0.5, 0.6) is 0 Å². The zero-order valence-corrected chi connectivity index (χ0v) is 28.0. The molecule has 5 heteroatoms. The molecule has 0 aliphatic carbocycles. The summed E-state index contributed by atoms with van der Waals surface area (Å²) < 4.78 is 0. The van der Waals surface area contributed by atoms with Gasteiger partial charge >= 0.3 is 0 Å². The third-order valence-electron chi connectivity index (χ3n) is 6.52. The van der Waals surface area contributed by atoms with Gasteiger partial charge in [0.2, 0.25) is 0 Å². The molecule has 6 rings (SSSR count). The van der Waals surface area contributed by atoms with Crippen LogP contribution in [0.15, 0.2) is 84.9 Å². The van der Waals surface area contributed by atoms with Crippen LogP contribution in [0, 0.1) is 13.8 Å². The molecule has 43 heavy (non-hydrogen) atoms. The maximum atomic E-state index is 2.29. The van der Waals surface area contributed by atoms with Gasteiger partial charge in [-0.25, -0.2) is 0 Å². The van der Waals surface area contributed by atoms with Crippen LogP contribution in [0.3, 0.4) is 0 Å². The van der Waals surface area contributed by atoms with Crippen LogP contribution in [-0.4, -0.2) is 0 Å². The molecule has 6 aromatic rings. The summed E-state index contributed by atoms with van der Waals surface area (Å²) in [5.74, 6) is 0. The highest BCUT2D eigenvalue weighted by molar-refractivity contribution is 7.16. The maximum absolute atomic E-state index is 2.29. The van der Waals surface area contributed by atoms with Gasteiger partial charge in [-0.1, -0.05) is 42.5 Å². The first-order valence-corrected chi connectivity index (χ1v) is 18.1. The van der Waals surface area contributed by atoms with Crippen LogP contribution in [-0.2, 0) is 0 Å². The van der Waals surface area contributed by atoms with Gasteiger partial charge in [0.25, 0.3) is 0 Å². The van der Waals surface area contributed by atoms with Crippen LogP contribution in [0.4, 0.5) is 0 Å². The van der Waals surface area contributed by atoms with Gasteiger partial charge in [-0.2, -0.15) is 0 Å². The minimum Gasteiger partial charge on any atom is -0.141 e. The fourth-order valence-corrected chi connectivity index (χ4v) is 8.51. The third kappa shape index (κ3) is 8.50. The molecule has 0 aliphatic rings. The summed E-state index contributed by atoms with van der Waals surface area (Å²) in [4.78, 5) is 12.8. The quantitative estimate of drug-likeness (QED) is 0.139. The van der Waals surface area contributed by atoms with Gasteiger partial charge in [0.05, 0.1) is 0 Å². The Balaban J connectivity index is 1.19. The van der Waals surface area contributed by atoms with Crippen molar-refractivity contribution >= 4 is 117 Å². The third-order valence-corrected chi connectivity index (χ3v) is 11.6. The maximum Gasteiger partial charge on any atom is 0.0349 e. The van der Waals surface area contributed by atoms with Crippen LogP contribution in [0.2, 0.25) is 0 Å². The summed E-state index contributed by atoms with van der Waals surface area (Å²) in [6.45, 7) is 4.30. The predicted molar refractivity (Wildman–Crippen MR) is 202 cm³/mol. The molecule has 0 unspecified atom stereocenters. The van der Waals surface area contributed by atoms with Gasteiger partial charge < -0.3 is 0 Å². The average Bonchev–Trinajstić information content (AvgIpc) is 3.85. The Morgan fingerprint density at radius 1 is 0.372 bits per heavy atom. The van der Waals surface area contributed by atoms with Gasteiger partial charge in [0.15, 0.2) is 0 Å². The number of aryl methyl sites for hydroxylation is 2. The van der Waals surface area contributed by atoms with Gasteiger partial charge in [-0.15, -0.1) is 56.7 Å². The predicted octanol–water partition coefficient (Wildman–Crippen LogP) is 13.5. The second kappa shape index (κ2) is 14.3. The molecule has 0 amide bonds. The molecular formula is C38H30S5. The van der Waals surface area contributed by atoms with E-state index in [2.05, 4.69) is 160 Å². The van der Waals surface area contributed by atoms with Crippen LogP contribution in [0.25, 0.3) is 60.8 Å². The highest BCUT2D eigenvalue weighted by Gasteiger charge is 2.05. The van der Waals surface area contributed by atoms with Crippen LogP contribution < -0.4 is 0 Å². The first-order chi connectivity index (χ1) is 21.1. The molecule has 0 saturated heterocycles. The monoisotopic (exact) mass is 646 g/mol. The van der Waals surface area contributed by atoms with Crippen molar-refractivity contribution in [1.82, 2.24) is 0 Å². The first-order valence-electron chi connectivity index (χ1n) is 14.0. The lowest BCUT2D eigenvalue weighted by Gasteiger charge is -1.93. The van der Waals surface area contributed by atoms with Crippen molar-refractivity contribution in [2.45, 2.75) is 13.8 Å². The fraction of sp³-hybridized carbons (Fsp3) is 0.0526. The molecule has 0 saturated carbocycles. The molecule has 0 N–H and O–H groups in total. The molecule has 1 aromatic carbocycles. The van der Waals surface area contributed by atoms with E-state index in [0.29, 0.717) is 0 Å². The second-order valence-electron chi connectivity index (χ2n) is 9.92. The van der Waals surface area contributed by atoms with E-state index in [1.807, 2.05) is 56.7 Å². The zero-order chi connectivity index (χ0) is 29.4. The number of benzene rings is 1. The van der Waals surface area contributed by atoms with Gasteiger partial charge in [0, 0.05) is 48.8 Å². The zero-order valence-electron chi connectivity index (χ0n) is 23.9. The molecule has 0 atom stereocenters. The van der Waals surface area contributed by atoms with Crippen molar-refractivity contribution in [3.05, 3.63) is 145 Å². The Morgan fingerprint density at radius 2 is 0.814 bits per heavy atom. The summed E-state index contributed by atoms with van der Waals surface area (Å²) in [5.41, 5.74) is 2.43. The lowest BCUT2D eigenvalue weighted by molar-refractivity contribution is 1.64. The summed E-state index contributed by atoms with van der Waals surface area (Å²) in [6, 6.07) is 30.3. The lowest BCUT2D eigenvalue weighted by atomic mass is 10.1.